The molecule has 0 aliphatic carbocycles. The molecule has 3 aromatic rings. The maximum absolute atomic E-state index is 13.3. The number of fused-ring (bicyclic) bond motifs is 1. The van der Waals surface area contributed by atoms with Crippen LogP contribution < -0.4 is 10.9 Å². The number of likely N-dealkylation sites (tertiary alicyclic amines) is 1. The van der Waals surface area contributed by atoms with Crippen molar-refractivity contribution in [2.75, 3.05) is 6.54 Å². The predicted octanol–water partition coefficient (Wildman–Crippen LogP) is 2.46. The molecule has 1 saturated heterocycles. The molecule has 0 unspecified atom stereocenters. The summed E-state index contributed by atoms with van der Waals surface area (Å²) in [7, 11) is 0. The van der Waals surface area contributed by atoms with Crippen molar-refractivity contribution in [2.45, 2.75) is 19.0 Å². The molecule has 1 N–H and O–H groups in total. The third kappa shape index (κ3) is 3.64. The first-order chi connectivity index (χ1) is 13.5. The van der Waals surface area contributed by atoms with Crippen LogP contribution in [0.15, 0.2) is 63.8 Å². The van der Waals surface area contributed by atoms with E-state index in [1.54, 1.807) is 41.3 Å². The monoisotopic (exact) mass is 380 g/mol. The van der Waals surface area contributed by atoms with Crippen molar-refractivity contribution in [3.63, 3.8) is 0 Å². The van der Waals surface area contributed by atoms with Gasteiger partial charge in [0.1, 0.15) is 17.0 Å². The van der Waals surface area contributed by atoms with E-state index in [4.69, 9.17) is 4.42 Å². The number of para-hydroxylation sites is 1. The highest BCUT2D eigenvalue weighted by atomic mass is 19.1. The minimum Gasteiger partial charge on any atom is -0.422 e. The summed E-state index contributed by atoms with van der Waals surface area (Å²) in [6, 6.07) is 14.0. The molecule has 142 valence electrons. The number of carbonyl (C=O) groups is 2. The summed E-state index contributed by atoms with van der Waals surface area (Å²) in [6.45, 7) is 0.557. The van der Waals surface area contributed by atoms with Gasteiger partial charge in [0, 0.05) is 24.9 Å². The van der Waals surface area contributed by atoms with E-state index in [-0.39, 0.29) is 30.3 Å². The minimum atomic E-state index is -0.725. The highest BCUT2D eigenvalue weighted by Gasteiger charge is 2.31. The zero-order chi connectivity index (χ0) is 19.7. The first-order valence-corrected chi connectivity index (χ1v) is 8.85. The van der Waals surface area contributed by atoms with E-state index in [0.29, 0.717) is 23.1 Å². The lowest BCUT2D eigenvalue weighted by atomic mass is 10.1. The Morgan fingerprint density at radius 2 is 1.96 bits per heavy atom. The molecule has 0 spiro atoms. The average Bonchev–Trinajstić information content (AvgIpc) is 3.00. The number of hydrogen-bond donors (Lipinski definition) is 1. The summed E-state index contributed by atoms with van der Waals surface area (Å²) >= 11 is 0. The third-order valence-electron chi connectivity index (χ3n) is 4.70. The highest BCUT2D eigenvalue weighted by Crippen LogP contribution is 2.17. The fourth-order valence-corrected chi connectivity index (χ4v) is 3.36. The molecule has 1 fully saturated rings. The molecule has 1 aliphatic heterocycles. The van der Waals surface area contributed by atoms with E-state index >= 15 is 0 Å². The summed E-state index contributed by atoms with van der Waals surface area (Å²) in [6.07, 6.45) is 0.125. The molecule has 6 nitrogen and oxygen atoms in total. The molecule has 7 heteroatoms. The number of hydrogen-bond acceptors (Lipinski definition) is 4. The summed E-state index contributed by atoms with van der Waals surface area (Å²) in [5, 5.41) is 3.36. The molecule has 1 aliphatic rings. The Morgan fingerprint density at radius 3 is 2.79 bits per heavy atom. The number of nitrogens with one attached hydrogen (secondary N) is 1. The number of carbonyl (C=O) groups excluding carboxylic acids is 2. The number of halogens is 1. The van der Waals surface area contributed by atoms with E-state index in [1.165, 1.54) is 18.2 Å². The van der Waals surface area contributed by atoms with Crippen molar-refractivity contribution < 1.29 is 18.4 Å². The lowest BCUT2D eigenvalue weighted by molar-refractivity contribution is -0.128. The Bertz CT molecular complexity index is 1120. The zero-order valence-corrected chi connectivity index (χ0v) is 14.9. The van der Waals surface area contributed by atoms with E-state index in [0.717, 1.165) is 0 Å². The van der Waals surface area contributed by atoms with Gasteiger partial charge in [-0.05, 0) is 29.8 Å². The maximum Gasteiger partial charge on any atom is 0.349 e. The van der Waals surface area contributed by atoms with Gasteiger partial charge in [-0.25, -0.2) is 9.18 Å². The molecule has 0 radical (unpaired) electrons. The summed E-state index contributed by atoms with van der Waals surface area (Å²) in [4.78, 5) is 38.4. The van der Waals surface area contributed by atoms with Crippen LogP contribution in [0.25, 0.3) is 11.0 Å². The predicted molar refractivity (Wildman–Crippen MR) is 100 cm³/mol. The van der Waals surface area contributed by atoms with Crippen molar-refractivity contribution in [2.24, 2.45) is 0 Å². The molecule has 2 aromatic carbocycles. The Labute approximate surface area is 159 Å². The molecule has 1 atom stereocenters. The lowest BCUT2D eigenvalue weighted by Crippen LogP contribution is -2.38. The van der Waals surface area contributed by atoms with Gasteiger partial charge in [0.2, 0.25) is 5.91 Å². The third-order valence-corrected chi connectivity index (χ3v) is 4.70. The first kappa shape index (κ1) is 17.9. The van der Waals surface area contributed by atoms with Crippen molar-refractivity contribution in [1.29, 1.82) is 0 Å². The molecule has 2 amide bonds. The zero-order valence-electron chi connectivity index (χ0n) is 14.9. The quantitative estimate of drug-likeness (QED) is 0.705. The molecule has 0 saturated carbocycles. The van der Waals surface area contributed by atoms with Crippen LogP contribution >= 0.6 is 0 Å². The second-order valence-corrected chi connectivity index (χ2v) is 6.76. The topological polar surface area (TPSA) is 79.6 Å². The average molecular weight is 380 g/mol. The van der Waals surface area contributed by atoms with Crippen LogP contribution in [0.5, 0.6) is 0 Å². The molecular formula is C21H17FN2O4. The van der Waals surface area contributed by atoms with Crippen LogP contribution in [0.4, 0.5) is 4.39 Å². The fraction of sp³-hybridized carbons (Fsp3) is 0.190. The SMILES string of the molecule is O=C(N[C@H]1CC(=O)N(Cc2cccc(F)c2)C1)c1cc2ccccc2oc1=O. The smallest absolute Gasteiger partial charge is 0.349 e. The van der Waals surface area contributed by atoms with E-state index in [1.807, 2.05) is 0 Å². The van der Waals surface area contributed by atoms with Gasteiger partial charge in [0.15, 0.2) is 0 Å². The van der Waals surface area contributed by atoms with Crippen molar-refractivity contribution in [3.05, 3.63) is 82.0 Å². The van der Waals surface area contributed by atoms with Gasteiger partial charge in [-0.15, -0.1) is 0 Å². The summed E-state index contributed by atoms with van der Waals surface area (Å²) in [5.41, 5.74) is 0.253. The minimum absolute atomic E-state index is 0.102. The van der Waals surface area contributed by atoms with Crippen LogP contribution in [-0.4, -0.2) is 29.3 Å². The molecule has 0 bridgehead atoms. The second kappa shape index (κ2) is 7.26. The van der Waals surface area contributed by atoms with Crippen LogP contribution in [-0.2, 0) is 11.3 Å². The van der Waals surface area contributed by atoms with E-state index < -0.39 is 17.6 Å². The number of benzene rings is 2. The fourth-order valence-electron chi connectivity index (χ4n) is 3.36. The normalized spacial score (nSPS) is 16.5. The van der Waals surface area contributed by atoms with Crippen molar-refractivity contribution >= 4 is 22.8 Å². The van der Waals surface area contributed by atoms with Gasteiger partial charge in [0.05, 0.1) is 6.04 Å². The van der Waals surface area contributed by atoms with Gasteiger partial charge in [-0.3, -0.25) is 9.59 Å². The van der Waals surface area contributed by atoms with Crippen LogP contribution in [0.3, 0.4) is 0 Å². The number of nitrogens with zero attached hydrogens (tertiary/aromatic N) is 1. The standard InChI is InChI=1S/C21H17FN2O4/c22-15-6-3-4-13(8-15)11-24-12-16(10-19(24)25)23-20(26)17-9-14-5-1-2-7-18(14)28-21(17)27/h1-9,16H,10-12H2,(H,23,26)/t16-/m0/s1. The summed E-state index contributed by atoms with van der Waals surface area (Å²) < 4.78 is 18.5. The Morgan fingerprint density at radius 1 is 1.14 bits per heavy atom. The largest absolute Gasteiger partial charge is 0.422 e. The van der Waals surface area contributed by atoms with Gasteiger partial charge in [-0.2, -0.15) is 0 Å². The molecule has 1 aromatic heterocycles. The molecule has 2 heterocycles. The summed E-state index contributed by atoms with van der Waals surface area (Å²) in [5.74, 6) is -1.08. The van der Waals surface area contributed by atoms with Gasteiger partial charge in [-0.1, -0.05) is 30.3 Å². The van der Waals surface area contributed by atoms with E-state index in [9.17, 15) is 18.8 Å². The molecule has 4 rings (SSSR count). The lowest BCUT2D eigenvalue weighted by Gasteiger charge is -2.17. The van der Waals surface area contributed by atoms with Gasteiger partial charge >= 0.3 is 5.63 Å². The number of rotatable bonds is 4. The van der Waals surface area contributed by atoms with Crippen molar-refractivity contribution in [3.8, 4) is 0 Å². The number of amides is 2. The van der Waals surface area contributed by atoms with Crippen LogP contribution in [0, 0.1) is 5.82 Å². The molecular weight excluding hydrogens is 363 g/mol. The Hall–Kier alpha value is -3.48. The second-order valence-electron chi connectivity index (χ2n) is 6.76. The first-order valence-electron chi connectivity index (χ1n) is 8.85. The Kier molecular flexibility index (Phi) is 4.65. The van der Waals surface area contributed by atoms with Crippen molar-refractivity contribution in [1.82, 2.24) is 10.2 Å². The Balaban J connectivity index is 1.46. The van der Waals surface area contributed by atoms with Crippen LogP contribution in [0.2, 0.25) is 0 Å². The van der Waals surface area contributed by atoms with Gasteiger partial charge in [0.25, 0.3) is 5.91 Å². The maximum atomic E-state index is 13.3. The molecule has 28 heavy (non-hydrogen) atoms. The highest BCUT2D eigenvalue weighted by molar-refractivity contribution is 5.97. The van der Waals surface area contributed by atoms with Crippen LogP contribution in [0.1, 0.15) is 22.3 Å². The van der Waals surface area contributed by atoms with Gasteiger partial charge < -0.3 is 14.6 Å². The van der Waals surface area contributed by atoms with E-state index in [2.05, 4.69) is 5.32 Å².